The van der Waals surface area contributed by atoms with E-state index in [1.807, 2.05) is 30.3 Å². The van der Waals surface area contributed by atoms with Crippen LogP contribution in [0.3, 0.4) is 0 Å². The van der Waals surface area contributed by atoms with Gasteiger partial charge in [0.1, 0.15) is 0 Å². The van der Waals surface area contributed by atoms with Gasteiger partial charge in [0, 0.05) is 22.5 Å². The van der Waals surface area contributed by atoms with Crippen molar-refractivity contribution in [1.82, 2.24) is 9.55 Å². The number of allylic oxidation sites excluding steroid dienone is 3. The fourth-order valence-electron chi connectivity index (χ4n) is 3.49. The summed E-state index contributed by atoms with van der Waals surface area (Å²) in [6.07, 6.45) is 5.70. The first-order valence-electron chi connectivity index (χ1n) is 9.38. The molecule has 5 nitrogen and oxygen atoms in total. The Labute approximate surface area is 172 Å². The summed E-state index contributed by atoms with van der Waals surface area (Å²) in [4.78, 5) is 32.4. The molecule has 0 aliphatic heterocycles. The first-order chi connectivity index (χ1) is 14.0. The number of rotatable bonds is 5. The third-order valence-corrected chi connectivity index (χ3v) is 5.43. The summed E-state index contributed by atoms with van der Waals surface area (Å²) in [6.45, 7) is 5.25. The van der Waals surface area contributed by atoms with Crippen LogP contribution < -0.4 is 11.2 Å². The molecule has 29 heavy (non-hydrogen) atoms. The van der Waals surface area contributed by atoms with E-state index in [2.05, 4.69) is 16.7 Å². The lowest BCUT2D eigenvalue weighted by Gasteiger charge is -2.10. The zero-order valence-corrected chi connectivity index (χ0v) is 16.7. The Bertz CT molecular complexity index is 1290. The molecule has 1 saturated carbocycles. The van der Waals surface area contributed by atoms with Gasteiger partial charge in [-0.25, -0.2) is 9.36 Å². The van der Waals surface area contributed by atoms with Crippen molar-refractivity contribution in [3.8, 4) is 11.1 Å². The number of benzene rings is 2. The van der Waals surface area contributed by atoms with Crippen LogP contribution >= 0.6 is 11.6 Å². The van der Waals surface area contributed by atoms with E-state index in [1.165, 1.54) is 0 Å². The minimum Gasteiger partial charge on any atom is -0.306 e. The highest BCUT2D eigenvalue weighted by Gasteiger charge is 2.25. The molecule has 0 saturated heterocycles. The monoisotopic (exact) mass is 405 g/mol. The van der Waals surface area contributed by atoms with Crippen molar-refractivity contribution < 1.29 is 0 Å². The van der Waals surface area contributed by atoms with Crippen LogP contribution in [0.2, 0.25) is 5.02 Å². The molecule has 2 aromatic carbocycles. The Morgan fingerprint density at radius 1 is 1.24 bits per heavy atom. The summed E-state index contributed by atoms with van der Waals surface area (Å²) in [6, 6.07) is 12.8. The van der Waals surface area contributed by atoms with E-state index in [4.69, 9.17) is 11.6 Å². The van der Waals surface area contributed by atoms with E-state index in [9.17, 15) is 9.59 Å². The molecule has 4 rings (SSSR count). The maximum absolute atomic E-state index is 13.1. The summed E-state index contributed by atoms with van der Waals surface area (Å²) in [5.74, 6) is 0.420. The fraction of sp³-hybridized carbons (Fsp3) is 0.174. The van der Waals surface area contributed by atoms with Crippen LogP contribution in [0, 0.1) is 5.92 Å². The lowest BCUT2D eigenvalue weighted by atomic mass is 10.0. The minimum absolute atomic E-state index is 0.357. The standard InChI is InChI=1S/C23H20ClN3O2/c1-14(11-17(13-25-2)15-7-8-15)27-22(28)19-10-9-16(12-21(19)26-23(27)29)18-5-3-4-6-20(18)24/h3-6,9-13,15H,2,7-8H2,1H3,(H,26,29)/b14-11+,17-13+. The molecule has 0 spiro atoms. The molecule has 0 bridgehead atoms. The van der Waals surface area contributed by atoms with Crippen molar-refractivity contribution in [1.29, 1.82) is 0 Å². The van der Waals surface area contributed by atoms with E-state index in [0.29, 0.717) is 27.5 Å². The van der Waals surface area contributed by atoms with Crippen LogP contribution in [-0.2, 0) is 0 Å². The van der Waals surface area contributed by atoms with Crippen LogP contribution in [0.25, 0.3) is 27.7 Å². The third-order valence-electron chi connectivity index (χ3n) is 5.10. The van der Waals surface area contributed by atoms with Crippen molar-refractivity contribution in [3.05, 3.63) is 86.2 Å². The topological polar surface area (TPSA) is 67.2 Å². The van der Waals surface area contributed by atoms with Gasteiger partial charge in [-0.15, -0.1) is 0 Å². The maximum atomic E-state index is 13.1. The van der Waals surface area contributed by atoms with Gasteiger partial charge in [-0.2, -0.15) is 0 Å². The highest BCUT2D eigenvalue weighted by molar-refractivity contribution is 6.33. The third kappa shape index (κ3) is 3.74. The van der Waals surface area contributed by atoms with E-state index in [0.717, 1.165) is 34.1 Å². The Morgan fingerprint density at radius 3 is 2.69 bits per heavy atom. The number of aromatic amines is 1. The van der Waals surface area contributed by atoms with Gasteiger partial charge in [-0.3, -0.25) is 9.79 Å². The number of hydrogen-bond acceptors (Lipinski definition) is 3. The Morgan fingerprint density at radius 2 is 2.00 bits per heavy atom. The summed E-state index contributed by atoms with van der Waals surface area (Å²) < 4.78 is 1.16. The molecule has 1 heterocycles. The van der Waals surface area contributed by atoms with Crippen LogP contribution in [0.15, 0.2) is 74.9 Å². The lowest BCUT2D eigenvalue weighted by molar-refractivity contribution is 0.909. The fourth-order valence-corrected chi connectivity index (χ4v) is 3.73. The molecule has 6 heteroatoms. The smallest absolute Gasteiger partial charge is 0.306 e. The molecule has 0 amide bonds. The minimum atomic E-state index is -0.478. The number of aliphatic imine (C=N–C) groups is 1. The van der Waals surface area contributed by atoms with Gasteiger partial charge in [0.15, 0.2) is 0 Å². The Kier molecular flexibility index (Phi) is 5.07. The number of halogens is 1. The number of nitrogens with zero attached hydrogens (tertiary/aromatic N) is 2. The second-order valence-corrected chi connectivity index (χ2v) is 7.59. The number of fused-ring (bicyclic) bond motifs is 1. The Balaban J connectivity index is 1.84. The van der Waals surface area contributed by atoms with E-state index in [1.54, 1.807) is 31.3 Å². The molecule has 146 valence electrons. The van der Waals surface area contributed by atoms with Crippen molar-refractivity contribution in [3.63, 3.8) is 0 Å². The summed E-state index contributed by atoms with van der Waals surface area (Å²) in [5, 5.41) is 1.04. The number of H-pyrrole nitrogens is 1. The van der Waals surface area contributed by atoms with Crippen LogP contribution in [0.1, 0.15) is 19.8 Å². The molecule has 1 N–H and O–H groups in total. The molecule has 1 aromatic heterocycles. The molecular weight excluding hydrogens is 386 g/mol. The second-order valence-electron chi connectivity index (χ2n) is 7.18. The van der Waals surface area contributed by atoms with Gasteiger partial charge >= 0.3 is 5.69 Å². The Hall–Kier alpha value is -3.18. The van der Waals surface area contributed by atoms with Crippen LogP contribution in [0.4, 0.5) is 0 Å². The SMILES string of the molecule is C=N/C=C(\C=C(/C)n1c(=O)[nH]c2cc(-c3ccccc3Cl)ccc2c1=O)C1CC1. The van der Waals surface area contributed by atoms with Gasteiger partial charge < -0.3 is 4.98 Å². The van der Waals surface area contributed by atoms with Gasteiger partial charge in [-0.1, -0.05) is 35.9 Å². The summed E-state index contributed by atoms with van der Waals surface area (Å²) >= 11 is 6.28. The normalized spacial score (nSPS) is 15.0. The van der Waals surface area contributed by atoms with Gasteiger partial charge in [0.25, 0.3) is 5.56 Å². The zero-order chi connectivity index (χ0) is 20.5. The van der Waals surface area contributed by atoms with E-state index >= 15 is 0 Å². The molecule has 3 aromatic rings. The van der Waals surface area contributed by atoms with Crippen LogP contribution in [0.5, 0.6) is 0 Å². The lowest BCUT2D eigenvalue weighted by Crippen LogP contribution is -2.33. The number of nitrogens with one attached hydrogen (secondary N) is 1. The summed E-state index contributed by atoms with van der Waals surface area (Å²) in [7, 11) is 0. The number of hydrogen-bond donors (Lipinski definition) is 1. The van der Waals surface area contributed by atoms with Crippen LogP contribution in [-0.4, -0.2) is 16.3 Å². The summed E-state index contributed by atoms with van der Waals surface area (Å²) in [5.41, 5.74) is 2.85. The van der Waals surface area contributed by atoms with Crippen molar-refractivity contribution in [2.45, 2.75) is 19.8 Å². The van der Waals surface area contributed by atoms with E-state index in [-0.39, 0.29) is 5.56 Å². The van der Waals surface area contributed by atoms with Crippen molar-refractivity contribution >= 4 is 34.9 Å². The molecule has 0 radical (unpaired) electrons. The molecule has 0 unspecified atom stereocenters. The zero-order valence-electron chi connectivity index (χ0n) is 16.0. The average Bonchev–Trinajstić information content (AvgIpc) is 3.53. The average molecular weight is 406 g/mol. The predicted molar refractivity (Wildman–Crippen MR) is 120 cm³/mol. The largest absolute Gasteiger partial charge is 0.333 e. The second kappa shape index (κ2) is 7.68. The molecule has 1 aliphatic carbocycles. The first-order valence-corrected chi connectivity index (χ1v) is 9.76. The van der Waals surface area contributed by atoms with Gasteiger partial charge in [-0.05, 0) is 67.8 Å². The van der Waals surface area contributed by atoms with Gasteiger partial charge in [0.05, 0.1) is 10.9 Å². The molecule has 1 fully saturated rings. The van der Waals surface area contributed by atoms with Crippen molar-refractivity contribution in [2.24, 2.45) is 10.9 Å². The molecule has 1 aliphatic rings. The molecule has 0 atom stereocenters. The molecular formula is C23H20ClN3O2. The highest BCUT2D eigenvalue weighted by atomic mass is 35.5. The first kappa shape index (κ1) is 19.2. The predicted octanol–water partition coefficient (Wildman–Crippen LogP) is 4.87. The van der Waals surface area contributed by atoms with Gasteiger partial charge in [0.2, 0.25) is 0 Å². The quantitative estimate of drug-likeness (QED) is 0.486. The van der Waals surface area contributed by atoms with E-state index < -0.39 is 5.69 Å². The highest BCUT2D eigenvalue weighted by Crippen LogP contribution is 2.37. The number of aromatic nitrogens is 2. The maximum Gasteiger partial charge on any atom is 0.333 e. The van der Waals surface area contributed by atoms with Crippen molar-refractivity contribution in [2.75, 3.05) is 0 Å².